The molecule has 1 fully saturated rings. The summed E-state index contributed by atoms with van der Waals surface area (Å²) < 4.78 is 46.5. The van der Waals surface area contributed by atoms with E-state index in [2.05, 4.69) is 17.4 Å². The number of fused-ring (bicyclic) bond motifs is 1. The maximum atomic E-state index is 14.7. The zero-order chi connectivity index (χ0) is 21.0. The summed E-state index contributed by atoms with van der Waals surface area (Å²) in [4.78, 5) is 40.1. The molecule has 0 aromatic heterocycles. The maximum Gasteiger partial charge on any atom is 0.483 e. The minimum Gasteiger partial charge on any atom is -0.423 e. The molecule has 1 aromatic carbocycles. The van der Waals surface area contributed by atoms with E-state index >= 15 is 0 Å². The van der Waals surface area contributed by atoms with E-state index in [1.165, 1.54) is 14.1 Å². The van der Waals surface area contributed by atoms with Gasteiger partial charge in [0.2, 0.25) is 0 Å². The molecule has 0 unspecified atom stereocenters. The van der Waals surface area contributed by atoms with Crippen molar-refractivity contribution < 1.29 is 32.3 Å². The highest BCUT2D eigenvalue weighted by Crippen LogP contribution is 2.43. The predicted octanol–water partition coefficient (Wildman–Crippen LogP) is 1.91. The largest absolute Gasteiger partial charge is 0.483 e. The zero-order valence-corrected chi connectivity index (χ0v) is 15.4. The highest BCUT2D eigenvalue weighted by atomic mass is 32.1. The van der Waals surface area contributed by atoms with Gasteiger partial charge in [-0.2, -0.15) is 8.78 Å². The average Bonchev–Trinajstić information content (AvgIpc) is 2.63. The van der Waals surface area contributed by atoms with E-state index in [0.29, 0.717) is 15.9 Å². The van der Waals surface area contributed by atoms with Gasteiger partial charge in [0.25, 0.3) is 0 Å². The molecule has 2 heterocycles. The zero-order valence-electron chi connectivity index (χ0n) is 14.5. The normalized spacial score (nSPS) is 19.5. The molecule has 28 heavy (non-hydrogen) atoms. The van der Waals surface area contributed by atoms with Crippen molar-refractivity contribution in [3.8, 4) is 18.1 Å². The van der Waals surface area contributed by atoms with Crippen molar-refractivity contribution in [1.29, 1.82) is 0 Å². The van der Waals surface area contributed by atoms with Crippen LogP contribution in [0.5, 0.6) is 5.75 Å². The molecule has 0 spiro atoms. The van der Waals surface area contributed by atoms with Crippen molar-refractivity contribution in [3.63, 3.8) is 0 Å². The first-order valence-electron chi connectivity index (χ1n) is 7.68. The van der Waals surface area contributed by atoms with Crippen LogP contribution in [-0.2, 0) is 4.79 Å². The van der Waals surface area contributed by atoms with Crippen LogP contribution in [0.3, 0.4) is 0 Å². The first-order valence-corrected chi connectivity index (χ1v) is 8.20. The molecule has 0 radical (unpaired) electrons. The third kappa shape index (κ3) is 2.78. The van der Waals surface area contributed by atoms with E-state index in [1.807, 2.05) is 5.92 Å². The molecule has 5 amide bonds. The van der Waals surface area contributed by atoms with Crippen molar-refractivity contribution in [2.45, 2.75) is 11.6 Å². The van der Waals surface area contributed by atoms with Gasteiger partial charge in [-0.15, -0.1) is 19.1 Å². The lowest BCUT2D eigenvalue weighted by Gasteiger charge is -2.42. The molecule has 1 aromatic rings. The third-order valence-electron chi connectivity index (χ3n) is 4.22. The predicted molar refractivity (Wildman–Crippen MR) is 94.7 cm³/mol. The van der Waals surface area contributed by atoms with E-state index < -0.39 is 53.4 Å². The van der Waals surface area contributed by atoms with Gasteiger partial charge in [0.1, 0.15) is 0 Å². The fraction of sp³-hybridized carbons (Fsp3) is 0.312. The highest BCUT2D eigenvalue weighted by molar-refractivity contribution is 7.80. The Balaban J connectivity index is 2.15. The second-order valence-corrected chi connectivity index (χ2v) is 6.42. The second kappa shape index (κ2) is 6.52. The van der Waals surface area contributed by atoms with E-state index in [4.69, 9.17) is 6.42 Å². The van der Waals surface area contributed by atoms with Gasteiger partial charge in [0.05, 0.1) is 17.9 Å². The second-order valence-electron chi connectivity index (χ2n) is 5.95. The van der Waals surface area contributed by atoms with Crippen LogP contribution in [0.1, 0.15) is 0 Å². The number of halogens is 3. The average molecular weight is 414 g/mol. The smallest absolute Gasteiger partial charge is 0.423 e. The Morgan fingerprint density at radius 3 is 2.29 bits per heavy atom. The number of carbonyl (C=O) groups is 3. The van der Waals surface area contributed by atoms with E-state index in [0.717, 1.165) is 15.9 Å². The Hall–Kier alpha value is -3.07. The quantitative estimate of drug-likeness (QED) is 0.593. The molecule has 0 aliphatic carbocycles. The molecular formula is C16H13F3N4O4S. The fourth-order valence-electron chi connectivity index (χ4n) is 2.75. The van der Waals surface area contributed by atoms with Crippen LogP contribution in [-0.4, -0.2) is 60.0 Å². The number of hydrogen-bond acceptors (Lipinski definition) is 5. The molecule has 0 N–H and O–H groups in total. The van der Waals surface area contributed by atoms with Crippen molar-refractivity contribution in [2.24, 2.45) is 0 Å². The Labute approximate surface area is 162 Å². The first-order chi connectivity index (χ1) is 13.0. The van der Waals surface area contributed by atoms with Crippen LogP contribution >= 0.6 is 12.6 Å². The molecule has 1 saturated heterocycles. The van der Waals surface area contributed by atoms with Crippen molar-refractivity contribution in [2.75, 3.05) is 30.4 Å². The SMILES string of the molecule is C#CCN1C(=O)C(F)(F)Oc2cc(F)c(N3C(=O)N(C)C(S)N(C)C3=O)cc21. The molecule has 148 valence electrons. The first kappa shape index (κ1) is 19.7. The number of benzene rings is 1. The number of nitrogens with zero attached hydrogens (tertiary/aromatic N) is 4. The number of anilines is 2. The molecule has 8 nitrogen and oxygen atoms in total. The number of alkyl halides is 2. The van der Waals surface area contributed by atoms with Gasteiger partial charge in [-0.3, -0.25) is 19.5 Å². The monoisotopic (exact) mass is 414 g/mol. The number of terminal acetylenes is 1. The summed E-state index contributed by atoms with van der Waals surface area (Å²) in [5.74, 6) is -1.56. The number of carbonyl (C=O) groups excluding carboxylic acids is 3. The van der Waals surface area contributed by atoms with Gasteiger partial charge < -0.3 is 4.74 Å². The van der Waals surface area contributed by atoms with Crippen LogP contribution < -0.4 is 14.5 Å². The summed E-state index contributed by atoms with van der Waals surface area (Å²) >= 11 is 4.11. The lowest BCUT2D eigenvalue weighted by atomic mass is 10.1. The molecular weight excluding hydrogens is 401 g/mol. The molecule has 0 saturated carbocycles. The topological polar surface area (TPSA) is 73.4 Å². The van der Waals surface area contributed by atoms with Gasteiger partial charge in [0, 0.05) is 20.2 Å². The third-order valence-corrected chi connectivity index (χ3v) is 4.91. The number of imide groups is 1. The fourth-order valence-corrected chi connectivity index (χ4v) is 2.95. The Bertz CT molecular complexity index is 913. The number of thiol groups is 1. The van der Waals surface area contributed by atoms with Crippen molar-refractivity contribution in [1.82, 2.24) is 9.80 Å². The van der Waals surface area contributed by atoms with Crippen LogP contribution in [0.4, 0.5) is 34.1 Å². The molecule has 3 rings (SSSR count). The Morgan fingerprint density at radius 2 is 1.75 bits per heavy atom. The lowest BCUT2D eigenvalue weighted by molar-refractivity contribution is -0.192. The number of amides is 5. The molecule has 0 atom stereocenters. The molecule has 12 heteroatoms. The van der Waals surface area contributed by atoms with Crippen LogP contribution in [0.2, 0.25) is 0 Å². The number of urea groups is 2. The summed E-state index contributed by atoms with van der Waals surface area (Å²) in [7, 11) is 2.67. The van der Waals surface area contributed by atoms with E-state index in [9.17, 15) is 27.6 Å². The summed E-state index contributed by atoms with van der Waals surface area (Å²) in [6, 6.07) is -0.370. The van der Waals surface area contributed by atoms with Crippen molar-refractivity contribution in [3.05, 3.63) is 17.9 Å². The molecule has 2 aliphatic heterocycles. The molecule has 0 bridgehead atoms. The summed E-state index contributed by atoms with van der Waals surface area (Å²) in [6.07, 6.45) is 0.888. The van der Waals surface area contributed by atoms with Gasteiger partial charge in [-0.05, 0) is 6.07 Å². The minimum atomic E-state index is -4.24. The van der Waals surface area contributed by atoms with Gasteiger partial charge in [-0.25, -0.2) is 18.9 Å². The summed E-state index contributed by atoms with van der Waals surface area (Å²) in [5, 5.41) is 0. The Morgan fingerprint density at radius 1 is 1.18 bits per heavy atom. The minimum absolute atomic E-state index is 0.302. The van der Waals surface area contributed by atoms with Crippen LogP contribution in [0, 0.1) is 18.2 Å². The number of rotatable bonds is 2. The standard InChI is InChI=1S/C16H13F3N4O4S/c1-4-5-22-10-7-9(8(17)6-11(10)27-16(18,19)12(22)24)23-13(25)20(2)15(28)21(3)14(23)26/h1,6-7,15,28H,5H2,2-3H3. The number of hydrogen-bond donors (Lipinski definition) is 1. The number of ether oxygens (including phenoxy) is 1. The molecule has 2 aliphatic rings. The summed E-state index contributed by atoms with van der Waals surface area (Å²) in [5.41, 5.74) is -1.75. The van der Waals surface area contributed by atoms with Gasteiger partial charge in [-0.1, -0.05) is 5.92 Å². The summed E-state index contributed by atoms with van der Waals surface area (Å²) in [6.45, 7) is -0.559. The highest BCUT2D eigenvalue weighted by Gasteiger charge is 2.51. The van der Waals surface area contributed by atoms with Crippen LogP contribution in [0.15, 0.2) is 12.1 Å². The lowest BCUT2D eigenvalue weighted by Crippen LogP contribution is -2.62. The van der Waals surface area contributed by atoms with Gasteiger partial charge >= 0.3 is 24.1 Å². The van der Waals surface area contributed by atoms with Gasteiger partial charge in [0.15, 0.2) is 17.1 Å². The maximum absolute atomic E-state index is 14.7. The van der Waals surface area contributed by atoms with E-state index in [1.54, 1.807) is 0 Å². The van der Waals surface area contributed by atoms with Crippen molar-refractivity contribution >= 4 is 42.0 Å². The Kier molecular flexibility index (Phi) is 4.58. The van der Waals surface area contributed by atoms with Crippen LogP contribution in [0.25, 0.3) is 0 Å². The van der Waals surface area contributed by atoms with E-state index in [-0.39, 0.29) is 5.69 Å².